The summed E-state index contributed by atoms with van der Waals surface area (Å²) in [4.78, 5) is 0. The summed E-state index contributed by atoms with van der Waals surface area (Å²) in [5.41, 5.74) is 0.658. The molecular weight excluding hydrogens is 110 g/mol. The van der Waals surface area contributed by atoms with Crippen LogP contribution < -0.4 is 5.32 Å². The van der Waals surface area contributed by atoms with Gasteiger partial charge in [0.15, 0.2) is 0 Å². The first-order valence-corrected chi connectivity index (χ1v) is 3.97. The average Bonchev–Trinajstić information content (AvgIpc) is 1.90. The molecule has 0 spiro atoms. The van der Waals surface area contributed by atoms with E-state index in [-0.39, 0.29) is 0 Å². The Morgan fingerprint density at radius 2 is 1.89 bits per heavy atom. The smallest absolute Gasteiger partial charge is 0.00437 e. The van der Waals surface area contributed by atoms with Gasteiger partial charge in [0.1, 0.15) is 0 Å². The molecule has 1 rings (SSSR count). The van der Waals surface area contributed by atoms with Crippen LogP contribution in [0.15, 0.2) is 0 Å². The van der Waals surface area contributed by atoms with E-state index in [1.807, 2.05) is 0 Å². The molecule has 0 saturated carbocycles. The normalized spacial score (nSPS) is 26.0. The lowest BCUT2D eigenvalue weighted by Gasteiger charge is -2.32. The van der Waals surface area contributed by atoms with E-state index in [9.17, 15) is 0 Å². The van der Waals surface area contributed by atoms with Gasteiger partial charge >= 0.3 is 0 Å². The third kappa shape index (κ3) is 1.68. The van der Waals surface area contributed by atoms with Gasteiger partial charge in [-0.2, -0.15) is 0 Å². The Labute approximate surface area is 57.8 Å². The molecule has 0 radical (unpaired) electrons. The lowest BCUT2D eigenvalue weighted by molar-refractivity contribution is 0.221. The molecule has 1 nitrogen and oxygen atoms in total. The maximum atomic E-state index is 3.37. The van der Waals surface area contributed by atoms with Gasteiger partial charge in [0.05, 0.1) is 0 Å². The fourth-order valence-corrected chi connectivity index (χ4v) is 1.38. The minimum atomic E-state index is 0.658. The van der Waals surface area contributed by atoms with E-state index < -0.39 is 0 Å². The Balaban J connectivity index is 2.37. The molecule has 54 valence electrons. The van der Waals surface area contributed by atoms with Gasteiger partial charge < -0.3 is 5.32 Å². The molecule has 0 amide bonds. The first-order valence-electron chi connectivity index (χ1n) is 3.97. The highest BCUT2D eigenvalue weighted by Crippen LogP contribution is 2.30. The van der Waals surface area contributed by atoms with Gasteiger partial charge in [-0.25, -0.2) is 0 Å². The van der Waals surface area contributed by atoms with Gasteiger partial charge in [-0.15, -0.1) is 0 Å². The van der Waals surface area contributed by atoms with Crippen molar-refractivity contribution in [2.75, 3.05) is 13.1 Å². The number of rotatable bonds is 1. The summed E-state index contributed by atoms with van der Waals surface area (Å²) in [6.45, 7) is 7.15. The van der Waals surface area contributed by atoms with Crippen molar-refractivity contribution < 1.29 is 0 Å². The second-order valence-electron chi connectivity index (χ2n) is 3.41. The Kier molecular flexibility index (Phi) is 2.12. The number of nitrogens with one attached hydrogen (secondary N) is 1. The molecule has 0 aliphatic carbocycles. The summed E-state index contributed by atoms with van der Waals surface area (Å²) in [7, 11) is 0. The van der Waals surface area contributed by atoms with Crippen molar-refractivity contribution in [2.24, 2.45) is 5.41 Å². The Morgan fingerprint density at radius 1 is 1.33 bits per heavy atom. The van der Waals surface area contributed by atoms with Crippen molar-refractivity contribution in [2.45, 2.75) is 33.1 Å². The maximum Gasteiger partial charge on any atom is -0.00437 e. The van der Waals surface area contributed by atoms with E-state index in [1.165, 1.54) is 32.4 Å². The number of hydrogen-bond acceptors (Lipinski definition) is 1. The third-order valence-electron chi connectivity index (χ3n) is 2.66. The summed E-state index contributed by atoms with van der Waals surface area (Å²) >= 11 is 0. The quantitative estimate of drug-likeness (QED) is 0.566. The second kappa shape index (κ2) is 2.70. The number of hydrogen-bond donors (Lipinski definition) is 1. The zero-order valence-corrected chi connectivity index (χ0v) is 6.54. The Hall–Kier alpha value is -0.0400. The average molecular weight is 127 g/mol. The highest BCUT2D eigenvalue weighted by molar-refractivity contribution is 4.78. The zero-order valence-electron chi connectivity index (χ0n) is 6.54. The van der Waals surface area contributed by atoms with Crippen LogP contribution in [-0.2, 0) is 0 Å². The molecule has 1 saturated heterocycles. The number of piperidine rings is 1. The van der Waals surface area contributed by atoms with Crippen LogP contribution in [0.3, 0.4) is 0 Å². The van der Waals surface area contributed by atoms with Gasteiger partial charge in [-0.3, -0.25) is 0 Å². The van der Waals surface area contributed by atoms with Crippen LogP contribution in [0.1, 0.15) is 33.1 Å². The molecule has 1 N–H and O–H groups in total. The van der Waals surface area contributed by atoms with E-state index >= 15 is 0 Å². The first kappa shape index (κ1) is 7.07. The lowest BCUT2D eigenvalue weighted by Crippen LogP contribution is -2.34. The summed E-state index contributed by atoms with van der Waals surface area (Å²) in [5.74, 6) is 0. The molecule has 0 aromatic heterocycles. The fourth-order valence-electron chi connectivity index (χ4n) is 1.38. The van der Waals surface area contributed by atoms with Gasteiger partial charge in [0.2, 0.25) is 0 Å². The van der Waals surface area contributed by atoms with Crippen molar-refractivity contribution >= 4 is 0 Å². The van der Waals surface area contributed by atoms with Gasteiger partial charge in [-0.05, 0) is 31.3 Å². The topological polar surface area (TPSA) is 12.0 Å². The predicted octanol–water partition coefficient (Wildman–Crippen LogP) is 1.79. The molecular formula is C8H17N. The molecule has 0 unspecified atom stereocenters. The van der Waals surface area contributed by atoms with Crippen LogP contribution in [0.2, 0.25) is 0 Å². The summed E-state index contributed by atoms with van der Waals surface area (Å²) in [5, 5.41) is 3.37. The van der Waals surface area contributed by atoms with Gasteiger partial charge in [0.25, 0.3) is 0 Å². The SMILES string of the molecule is CCC1(C)CCNCC1. The van der Waals surface area contributed by atoms with Crippen molar-refractivity contribution in [1.82, 2.24) is 5.32 Å². The van der Waals surface area contributed by atoms with Crippen LogP contribution in [0, 0.1) is 5.41 Å². The van der Waals surface area contributed by atoms with Crippen molar-refractivity contribution in [3.63, 3.8) is 0 Å². The van der Waals surface area contributed by atoms with Crippen LogP contribution in [-0.4, -0.2) is 13.1 Å². The molecule has 9 heavy (non-hydrogen) atoms. The molecule has 1 heteroatoms. The van der Waals surface area contributed by atoms with Crippen LogP contribution >= 0.6 is 0 Å². The molecule has 1 aliphatic rings. The minimum Gasteiger partial charge on any atom is -0.317 e. The van der Waals surface area contributed by atoms with E-state index in [0.29, 0.717) is 5.41 Å². The lowest BCUT2D eigenvalue weighted by atomic mass is 9.79. The summed E-state index contributed by atoms with van der Waals surface area (Å²) in [6.07, 6.45) is 4.07. The molecule has 0 atom stereocenters. The van der Waals surface area contributed by atoms with Gasteiger partial charge in [0, 0.05) is 0 Å². The molecule has 0 bridgehead atoms. The van der Waals surface area contributed by atoms with Crippen molar-refractivity contribution in [3.05, 3.63) is 0 Å². The van der Waals surface area contributed by atoms with E-state index in [1.54, 1.807) is 0 Å². The van der Waals surface area contributed by atoms with E-state index in [0.717, 1.165) is 0 Å². The van der Waals surface area contributed by atoms with Crippen LogP contribution in [0.5, 0.6) is 0 Å². The molecule has 1 aliphatic heterocycles. The van der Waals surface area contributed by atoms with E-state index in [4.69, 9.17) is 0 Å². The monoisotopic (exact) mass is 127 g/mol. The predicted molar refractivity (Wildman–Crippen MR) is 40.5 cm³/mol. The summed E-state index contributed by atoms with van der Waals surface area (Å²) < 4.78 is 0. The maximum absolute atomic E-state index is 3.37. The Morgan fingerprint density at radius 3 is 2.22 bits per heavy atom. The van der Waals surface area contributed by atoms with E-state index in [2.05, 4.69) is 19.2 Å². The van der Waals surface area contributed by atoms with Crippen molar-refractivity contribution in [3.8, 4) is 0 Å². The molecule has 1 heterocycles. The van der Waals surface area contributed by atoms with Crippen LogP contribution in [0.4, 0.5) is 0 Å². The standard InChI is InChI=1S/C8H17N/c1-3-8(2)4-6-9-7-5-8/h9H,3-7H2,1-2H3. The fraction of sp³-hybridized carbons (Fsp3) is 1.00. The van der Waals surface area contributed by atoms with Gasteiger partial charge in [-0.1, -0.05) is 20.3 Å². The minimum absolute atomic E-state index is 0.658. The highest BCUT2D eigenvalue weighted by Gasteiger charge is 2.23. The summed E-state index contributed by atoms with van der Waals surface area (Å²) in [6, 6.07) is 0. The largest absolute Gasteiger partial charge is 0.317 e. The second-order valence-corrected chi connectivity index (χ2v) is 3.41. The highest BCUT2D eigenvalue weighted by atomic mass is 14.9. The molecule has 0 aromatic rings. The molecule has 1 fully saturated rings. The third-order valence-corrected chi connectivity index (χ3v) is 2.66. The zero-order chi connectivity index (χ0) is 6.74. The first-order chi connectivity index (χ1) is 4.27. The molecule has 0 aromatic carbocycles. The Bertz CT molecular complexity index is 82.6. The van der Waals surface area contributed by atoms with Crippen molar-refractivity contribution in [1.29, 1.82) is 0 Å². The van der Waals surface area contributed by atoms with Crippen LogP contribution in [0.25, 0.3) is 0 Å².